The van der Waals surface area contributed by atoms with E-state index in [1.54, 1.807) is 14.0 Å². The van der Waals surface area contributed by atoms with Crippen molar-refractivity contribution >= 4 is 28.8 Å². The number of hydrogen-bond donors (Lipinski definition) is 3. The maximum Gasteiger partial charge on any atom is 0.265 e. The number of halogens is 1. The van der Waals surface area contributed by atoms with Crippen molar-refractivity contribution in [2.24, 2.45) is 16.5 Å². The Balaban J connectivity index is 2.38. The summed E-state index contributed by atoms with van der Waals surface area (Å²) in [6.45, 7) is 3.75. The Bertz CT molecular complexity index is 940. The van der Waals surface area contributed by atoms with E-state index in [4.69, 9.17) is 27.8 Å². The maximum atomic E-state index is 6.44. The molecule has 1 heterocycles. The van der Waals surface area contributed by atoms with Crippen LogP contribution in [-0.2, 0) is 0 Å². The summed E-state index contributed by atoms with van der Waals surface area (Å²) < 4.78 is 5.42. The van der Waals surface area contributed by atoms with E-state index < -0.39 is 0 Å². The zero-order valence-corrected chi connectivity index (χ0v) is 15.1. The Labute approximate surface area is 151 Å². The molecule has 0 unspecified atom stereocenters. The van der Waals surface area contributed by atoms with Crippen LogP contribution in [0.4, 0.5) is 5.69 Å². The van der Waals surface area contributed by atoms with E-state index in [1.165, 1.54) is 0 Å². The summed E-state index contributed by atoms with van der Waals surface area (Å²) in [4.78, 5) is 7.88. The number of amidine groups is 1. The lowest BCUT2D eigenvalue weighted by molar-refractivity contribution is -0.386. The summed E-state index contributed by atoms with van der Waals surface area (Å²) in [7, 11) is 1.63. The number of aryl methyl sites for hydroxylation is 1. The number of nitrogens with zero attached hydrogens (tertiary/aromatic N) is 1. The van der Waals surface area contributed by atoms with Gasteiger partial charge in [-0.1, -0.05) is 23.7 Å². The molecule has 0 radical (unpaired) electrons. The van der Waals surface area contributed by atoms with Crippen molar-refractivity contribution in [2.45, 2.75) is 13.8 Å². The van der Waals surface area contributed by atoms with Gasteiger partial charge in [0.15, 0.2) is 5.84 Å². The first kappa shape index (κ1) is 17.0. The molecule has 0 aliphatic carbocycles. The number of nitrogens with two attached hydrogens (primary N) is 2. The van der Waals surface area contributed by atoms with E-state index in [9.17, 15) is 0 Å². The number of nitrogens with one attached hydrogen (secondary N) is 1. The van der Waals surface area contributed by atoms with Gasteiger partial charge in [0.25, 0.3) is 5.70 Å². The second kappa shape index (κ2) is 6.61. The molecule has 2 aromatic carbocycles. The smallest absolute Gasteiger partial charge is 0.265 e. The highest BCUT2D eigenvalue weighted by Gasteiger charge is 2.27. The Hall–Kier alpha value is -2.79. The third kappa shape index (κ3) is 3.10. The lowest BCUT2D eigenvalue weighted by atomic mass is 9.98. The average Bonchev–Trinajstić information content (AvgIpc) is 2.71. The Kier molecular flexibility index (Phi) is 4.51. The van der Waals surface area contributed by atoms with Gasteiger partial charge in [-0.3, -0.25) is 0 Å². The molecule has 0 atom stereocenters. The van der Waals surface area contributed by atoms with E-state index in [2.05, 4.69) is 9.98 Å². The number of allylic oxidation sites excluding steroid dienone is 1. The Morgan fingerprint density at radius 1 is 1.20 bits per heavy atom. The quantitative estimate of drug-likeness (QED) is 0.767. The second-order valence-corrected chi connectivity index (χ2v) is 6.28. The zero-order chi connectivity index (χ0) is 18.1. The first-order chi connectivity index (χ1) is 11.9. The minimum atomic E-state index is 0.314. The molecular formula is C19H20ClN4O+. The highest BCUT2D eigenvalue weighted by Crippen LogP contribution is 2.32. The lowest BCUT2D eigenvalue weighted by Gasteiger charge is -2.10. The van der Waals surface area contributed by atoms with Crippen LogP contribution in [0.1, 0.15) is 23.6 Å². The van der Waals surface area contributed by atoms with Crippen LogP contribution in [-0.4, -0.2) is 18.7 Å². The van der Waals surface area contributed by atoms with Crippen molar-refractivity contribution in [3.05, 3.63) is 69.5 Å². The molecule has 0 aromatic heterocycles. The third-order valence-electron chi connectivity index (χ3n) is 4.07. The lowest BCUT2D eigenvalue weighted by Crippen LogP contribution is -2.74. The molecule has 0 bridgehead atoms. The van der Waals surface area contributed by atoms with Crippen LogP contribution in [0.5, 0.6) is 5.75 Å². The van der Waals surface area contributed by atoms with Gasteiger partial charge in [-0.15, -0.1) is 0 Å². The van der Waals surface area contributed by atoms with Crippen LogP contribution in [0.15, 0.2) is 52.8 Å². The summed E-state index contributed by atoms with van der Waals surface area (Å²) in [5.41, 5.74) is 17.5. The SMILES string of the molecule is COc1cc2c(cc1C)C(c1ccccc1Cl)=[NH+]C(=C(C)N)C(N)=N2. The van der Waals surface area contributed by atoms with Crippen molar-refractivity contribution in [3.8, 4) is 5.75 Å². The maximum absolute atomic E-state index is 6.44. The molecule has 1 aliphatic rings. The predicted octanol–water partition coefficient (Wildman–Crippen LogP) is 1.77. The summed E-state index contributed by atoms with van der Waals surface area (Å²) >= 11 is 6.44. The van der Waals surface area contributed by atoms with Gasteiger partial charge < -0.3 is 16.2 Å². The molecule has 5 N–H and O–H groups in total. The van der Waals surface area contributed by atoms with Crippen molar-refractivity contribution in [1.82, 2.24) is 0 Å². The Morgan fingerprint density at radius 3 is 2.56 bits per heavy atom. The van der Waals surface area contributed by atoms with Gasteiger partial charge in [0.1, 0.15) is 5.75 Å². The molecule has 0 saturated heterocycles. The van der Waals surface area contributed by atoms with Crippen LogP contribution in [0.25, 0.3) is 0 Å². The van der Waals surface area contributed by atoms with E-state index >= 15 is 0 Å². The van der Waals surface area contributed by atoms with Gasteiger partial charge in [0, 0.05) is 6.07 Å². The fourth-order valence-corrected chi connectivity index (χ4v) is 3.04. The monoisotopic (exact) mass is 355 g/mol. The van der Waals surface area contributed by atoms with Gasteiger partial charge in [0.2, 0.25) is 5.71 Å². The van der Waals surface area contributed by atoms with Crippen LogP contribution in [0, 0.1) is 6.92 Å². The zero-order valence-electron chi connectivity index (χ0n) is 14.4. The molecule has 0 amide bonds. The summed E-state index contributed by atoms with van der Waals surface area (Å²) in [6, 6.07) is 11.5. The molecule has 3 rings (SSSR count). The number of rotatable bonds is 2. The number of fused-ring (bicyclic) bond motifs is 1. The summed E-state index contributed by atoms with van der Waals surface area (Å²) in [5, 5.41) is 0.624. The first-order valence-electron chi connectivity index (χ1n) is 7.81. The van der Waals surface area contributed by atoms with E-state index in [-0.39, 0.29) is 0 Å². The van der Waals surface area contributed by atoms with Gasteiger partial charge >= 0.3 is 0 Å². The third-order valence-corrected chi connectivity index (χ3v) is 4.40. The minimum absolute atomic E-state index is 0.314. The first-order valence-corrected chi connectivity index (χ1v) is 8.19. The number of methoxy groups -OCH3 is 1. The topological polar surface area (TPSA) is 87.6 Å². The molecule has 2 aromatic rings. The average molecular weight is 356 g/mol. The highest BCUT2D eigenvalue weighted by molar-refractivity contribution is 6.35. The minimum Gasteiger partial charge on any atom is -0.496 e. The van der Waals surface area contributed by atoms with Crippen molar-refractivity contribution < 1.29 is 9.73 Å². The van der Waals surface area contributed by atoms with E-state index in [0.29, 0.717) is 27.9 Å². The van der Waals surface area contributed by atoms with Gasteiger partial charge in [0.05, 0.1) is 34.6 Å². The van der Waals surface area contributed by atoms with Crippen LogP contribution in [0.2, 0.25) is 5.02 Å². The summed E-state index contributed by atoms with van der Waals surface area (Å²) in [6.07, 6.45) is 0. The molecule has 6 heteroatoms. The van der Waals surface area contributed by atoms with Crippen LogP contribution in [0.3, 0.4) is 0 Å². The standard InChI is InChI=1S/C19H19ClN4O/c1-10-8-13-15(9-16(10)25-3)23-19(22)17(11(2)21)24-18(13)12-6-4-5-7-14(12)20/h4-9H,21H2,1-3H3,(H2,22,23)/p+1. The fourth-order valence-electron chi connectivity index (χ4n) is 2.81. The normalized spacial score (nSPS) is 15.7. The van der Waals surface area contributed by atoms with E-state index in [0.717, 1.165) is 28.2 Å². The van der Waals surface area contributed by atoms with Gasteiger partial charge in [-0.2, -0.15) is 4.99 Å². The molecule has 1 aliphatic heterocycles. The van der Waals surface area contributed by atoms with Gasteiger partial charge in [-0.25, -0.2) is 4.99 Å². The fraction of sp³-hybridized carbons (Fsp3) is 0.158. The van der Waals surface area contributed by atoms with Crippen molar-refractivity contribution in [3.63, 3.8) is 0 Å². The second-order valence-electron chi connectivity index (χ2n) is 5.87. The van der Waals surface area contributed by atoms with Crippen molar-refractivity contribution in [1.29, 1.82) is 0 Å². The van der Waals surface area contributed by atoms with Crippen LogP contribution < -0.4 is 21.2 Å². The number of ether oxygens (including phenoxy) is 1. The van der Waals surface area contributed by atoms with Crippen molar-refractivity contribution in [2.75, 3.05) is 7.11 Å². The number of benzene rings is 2. The van der Waals surface area contributed by atoms with Gasteiger partial charge in [-0.05, 0) is 37.6 Å². The molecule has 25 heavy (non-hydrogen) atoms. The molecule has 5 nitrogen and oxygen atoms in total. The van der Waals surface area contributed by atoms with Crippen LogP contribution >= 0.6 is 11.6 Å². The predicted molar refractivity (Wildman–Crippen MR) is 102 cm³/mol. The largest absolute Gasteiger partial charge is 0.496 e. The number of hydrogen-bond acceptors (Lipinski definition) is 4. The summed E-state index contributed by atoms with van der Waals surface area (Å²) in [5.74, 6) is 1.06. The molecular weight excluding hydrogens is 336 g/mol. The van der Waals surface area contributed by atoms with E-state index in [1.807, 2.05) is 43.3 Å². The Morgan fingerprint density at radius 2 is 1.92 bits per heavy atom. The highest BCUT2D eigenvalue weighted by atomic mass is 35.5. The molecule has 0 saturated carbocycles. The molecule has 128 valence electrons. The number of aliphatic imine (C=N–C) groups is 1. The molecule has 0 spiro atoms. The molecule has 0 fully saturated rings.